The molecule has 0 bridgehead atoms. The number of nitrogens with zero attached hydrogens (tertiary/aromatic N) is 2. The van der Waals surface area contributed by atoms with Crippen molar-refractivity contribution in [3.63, 3.8) is 0 Å². The zero-order valence-electron chi connectivity index (χ0n) is 6.87. The summed E-state index contributed by atoms with van der Waals surface area (Å²) in [6, 6.07) is 0. The molecule has 0 aliphatic carbocycles. The Morgan fingerprint density at radius 3 is 2.91 bits per heavy atom. The number of hydrogen-bond donors (Lipinski definition) is 1. The van der Waals surface area contributed by atoms with Gasteiger partial charge in [0.2, 0.25) is 0 Å². The van der Waals surface area contributed by atoms with Crippen LogP contribution in [0.5, 0.6) is 5.75 Å². The van der Waals surface area contributed by atoms with Crippen LogP contribution >= 0.6 is 0 Å². The van der Waals surface area contributed by atoms with Crippen molar-refractivity contribution in [1.82, 2.24) is 9.78 Å². The zero-order valence-corrected chi connectivity index (χ0v) is 6.87. The van der Waals surface area contributed by atoms with Gasteiger partial charge < -0.3 is 10.5 Å². The molecule has 0 saturated carbocycles. The molecular formula is C7H13N3O. The lowest BCUT2D eigenvalue weighted by molar-refractivity contribution is 0.325. The first kappa shape index (κ1) is 8.07. The number of ether oxygens (including phenoxy) is 1. The second kappa shape index (κ2) is 3.39. The van der Waals surface area contributed by atoms with Gasteiger partial charge in [-0.3, -0.25) is 4.68 Å². The predicted octanol–water partition coefficient (Wildman–Crippen LogP) is 0.0660. The lowest BCUT2D eigenvalue weighted by Gasteiger charge is -2.01. The van der Waals surface area contributed by atoms with Crippen LogP contribution in [0.25, 0.3) is 0 Å². The first-order chi connectivity index (χ1) is 5.25. The van der Waals surface area contributed by atoms with Crippen molar-refractivity contribution >= 4 is 0 Å². The molecule has 0 radical (unpaired) electrons. The Morgan fingerprint density at radius 2 is 2.45 bits per heavy atom. The van der Waals surface area contributed by atoms with Crippen LogP contribution < -0.4 is 10.5 Å². The Bertz CT molecular complexity index is 232. The molecule has 4 heteroatoms. The molecule has 1 aromatic heterocycles. The lowest BCUT2D eigenvalue weighted by atomic mass is 10.4. The van der Waals surface area contributed by atoms with E-state index in [1.54, 1.807) is 10.9 Å². The Kier molecular flexibility index (Phi) is 2.48. The molecule has 4 nitrogen and oxygen atoms in total. The van der Waals surface area contributed by atoms with Gasteiger partial charge in [0.05, 0.1) is 11.9 Å². The van der Waals surface area contributed by atoms with Gasteiger partial charge in [-0.2, -0.15) is 5.10 Å². The number of rotatable bonds is 3. The van der Waals surface area contributed by atoms with Gasteiger partial charge in [-0.15, -0.1) is 0 Å². The van der Waals surface area contributed by atoms with E-state index in [1.807, 2.05) is 14.0 Å². The molecule has 62 valence electrons. The molecule has 0 aliphatic rings. The van der Waals surface area contributed by atoms with Crippen molar-refractivity contribution in [2.24, 2.45) is 12.8 Å². The van der Waals surface area contributed by atoms with E-state index in [0.717, 1.165) is 11.4 Å². The SMILES string of the molecule is Cc1c(OCCN)cnn1C. The van der Waals surface area contributed by atoms with Crippen molar-refractivity contribution in [2.75, 3.05) is 13.2 Å². The average molecular weight is 155 g/mol. The number of nitrogens with two attached hydrogens (primary N) is 1. The van der Waals surface area contributed by atoms with Crippen LogP contribution in [0.2, 0.25) is 0 Å². The monoisotopic (exact) mass is 155 g/mol. The molecule has 1 heterocycles. The molecule has 11 heavy (non-hydrogen) atoms. The summed E-state index contributed by atoms with van der Waals surface area (Å²) in [5, 5.41) is 4.02. The van der Waals surface area contributed by atoms with Crippen molar-refractivity contribution in [3.8, 4) is 5.75 Å². The maximum atomic E-state index is 5.30. The third-order valence-electron chi connectivity index (χ3n) is 1.57. The number of aryl methyl sites for hydroxylation is 1. The van der Waals surface area contributed by atoms with Crippen LogP contribution in [0, 0.1) is 6.92 Å². The highest BCUT2D eigenvalue weighted by Gasteiger charge is 2.02. The van der Waals surface area contributed by atoms with Crippen molar-refractivity contribution in [3.05, 3.63) is 11.9 Å². The first-order valence-electron chi connectivity index (χ1n) is 3.57. The smallest absolute Gasteiger partial charge is 0.160 e. The second-order valence-corrected chi connectivity index (χ2v) is 2.35. The van der Waals surface area contributed by atoms with E-state index in [9.17, 15) is 0 Å². The molecule has 2 N–H and O–H groups in total. The van der Waals surface area contributed by atoms with Crippen LogP contribution in [0.15, 0.2) is 6.20 Å². The molecule has 1 rings (SSSR count). The normalized spacial score (nSPS) is 10.1. The van der Waals surface area contributed by atoms with Gasteiger partial charge >= 0.3 is 0 Å². The fourth-order valence-electron chi connectivity index (χ4n) is 0.789. The summed E-state index contributed by atoms with van der Waals surface area (Å²) in [5.74, 6) is 0.818. The highest BCUT2D eigenvalue weighted by molar-refractivity contribution is 5.23. The topological polar surface area (TPSA) is 53.1 Å². The summed E-state index contributed by atoms with van der Waals surface area (Å²) >= 11 is 0. The van der Waals surface area contributed by atoms with Gasteiger partial charge in [0.15, 0.2) is 5.75 Å². The van der Waals surface area contributed by atoms with Crippen LogP contribution in [0.1, 0.15) is 5.69 Å². The lowest BCUT2D eigenvalue weighted by Crippen LogP contribution is -2.10. The van der Waals surface area contributed by atoms with E-state index >= 15 is 0 Å². The minimum atomic E-state index is 0.536. The zero-order chi connectivity index (χ0) is 8.27. The Labute approximate surface area is 66.0 Å². The molecule has 0 saturated heterocycles. The molecular weight excluding hydrogens is 142 g/mol. The molecule has 0 aliphatic heterocycles. The fraction of sp³-hybridized carbons (Fsp3) is 0.571. The van der Waals surface area contributed by atoms with Crippen molar-refractivity contribution in [2.45, 2.75) is 6.92 Å². The molecule has 0 aromatic carbocycles. The van der Waals surface area contributed by atoms with Gasteiger partial charge in [-0.25, -0.2) is 0 Å². The standard InChI is InChI=1S/C7H13N3O/c1-6-7(11-4-3-8)5-9-10(6)2/h5H,3-4,8H2,1-2H3. The van der Waals surface area contributed by atoms with E-state index in [4.69, 9.17) is 10.5 Å². The predicted molar refractivity (Wildman–Crippen MR) is 42.5 cm³/mol. The van der Waals surface area contributed by atoms with Crippen LogP contribution in [0.3, 0.4) is 0 Å². The third kappa shape index (κ3) is 1.71. The quantitative estimate of drug-likeness (QED) is 0.671. The minimum Gasteiger partial charge on any atom is -0.489 e. The van der Waals surface area contributed by atoms with Gasteiger partial charge in [0.25, 0.3) is 0 Å². The summed E-state index contributed by atoms with van der Waals surface area (Å²) in [7, 11) is 1.88. The molecule has 0 spiro atoms. The molecule has 0 unspecified atom stereocenters. The largest absolute Gasteiger partial charge is 0.489 e. The summed E-state index contributed by atoms with van der Waals surface area (Å²) in [4.78, 5) is 0. The summed E-state index contributed by atoms with van der Waals surface area (Å²) in [6.07, 6.45) is 1.70. The second-order valence-electron chi connectivity index (χ2n) is 2.35. The summed E-state index contributed by atoms with van der Waals surface area (Å²) < 4.78 is 7.07. The Balaban J connectivity index is 2.63. The number of hydrogen-bond acceptors (Lipinski definition) is 3. The maximum Gasteiger partial charge on any atom is 0.160 e. The van der Waals surface area contributed by atoms with Gasteiger partial charge in [-0.1, -0.05) is 0 Å². The maximum absolute atomic E-state index is 5.30. The molecule has 0 atom stereocenters. The molecule has 0 amide bonds. The highest BCUT2D eigenvalue weighted by atomic mass is 16.5. The Morgan fingerprint density at radius 1 is 1.73 bits per heavy atom. The van der Waals surface area contributed by atoms with Crippen LogP contribution in [-0.2, 0) is 7.05 Å². The summed E-state index contributed by atoms with van der Waals surface area (Å²) in [5.41, 5.74) is 6.31. The van der Waals surface area contributed by atoms with Crippen LogP contribution in [0.4, 0.5) is 0 Å². The van der Waals surface area contributed by atoms with Crippen molar-refractivity contribution in [1.29, 1.82) is 0 Å². The van der Waals surface area contributed by atoms with E-state index < -0.39 is 0 Å². The fourth-order valence-corrected chi connectivity index (χ4v) is 0.789. The van der Waals surface area contributed by atoms with E-state index in [0.29, 0.717) is 13.2 Å². The van der Waals surface area contributed by atoms with E-state index in [1.165, 1.54) is 0 Å². The van der Waals surface area contributed by atoms with Crippen LogP contribution in [-0.4, -0.2) is 22.9 Å². The van der Waals surface area contributed by atoms with E-state index in [-0.39, 0.29) is 0 Å². The first-order valence-corrected chi connectivity index (χ1v) is 3.57. The molecule has 1 aromatic rings. The average Bonchev–Trinajstić information content (AvgIpc) is 2.31. The minimum absolute atomic E-state index is 0.536. The van der Waals surface area contributed by atoms with Gasteiger partial charge in [0, 0.05) is 13.6 Å². The van der Waals surface area contributed by atoms with E-state index in [2.05, 4.69) is 5.10 Å². The van der Waals surface area contributed by atoms with Gasteiger partial charge in [0.1, 0.15) is 6.61 Å². The molecule has 0 fully saturated rings. The Hall–Kier alpha value is -1.03. The third-order valence-corrected chi connectivity index (χ3v) is 1.57. The summed E-state index contributed by atoms with van der Waals surface area (Å²) in [6.45, 7) is 3.04. The number of aromatic nitrogens is 2. The van der Waals surface area contributed by atoms with Gasteiger partial charge in [-0.05, 0) is 6.92 Å². The highest BCUT2D eigenvalue weighted by Crippen LogP contribution is 2.14. The van der Waals surface area contributed by atoms with Crippen molar-refractivity contribution < 1.29 is 4.74 Å².